The molecule has 1 aromatic carbocycles. The summed E-state index contributed by atoms with van der Waals surface area (Å²) in [6.45, 7) is 0.855. The zero-order chi connectivity index (χ0) is 12.4. The zero-order valence-electron chi connectivity index (χ0n) is 10.8. The summed E-state index contributed by atoms with van der Waals surface area (Å²) in [4.78, 5) is 0. The van der Waals surface area contributed by atoms with E-state index >= 15 is 0 Å². The van der Waals surface area contributed by atoms with E-state index in [1.165, 1.54) is 49.7 Å². The van der Waals surface area contributed by atoms with Gasteiger partial charge in [-0.1, -0.05) is 18.6 Å². The van der Waals surface area contributed by atoms with Gasteiger partial charge >= 0.3 is 0 Å². The summed E-state index contributed by atoms with van der Waals surface area (Å²) in [7, 11) is 0. The molecule has 1 aromatic rings. The molecule has 0 aromatic heterocycles. The molecule has 0 spiro atoms. The monoisotopic (exact) mass is 264 g/mol. The van der Waals surface area contributed by atoms with Crippen LogP contribution in [-0.4, -0.2) is 12.0 Å². The molecule has 0 bridgehead atoms. The van der Waals surface area contributed by atoms with Crippen molar-refractivity contribution in [1.29, 1.82) is 0 Å². The molecule has 1 nitrogen and oxygen atoms in total. The average molecular weight is 265 g/mol. The Hall–Kier alpha value is -0.690. The second-order valence-corrected chi connectivity index (χ2v) is 6.20. The third kappa shape index (κ3) is 3.00. The third-order valence-electron chi connectivity index (χ3n) is 4.08. The average Bonchev–Trinajstić information content (AvgIpc) is 3.13. The van der Waals surface area contributed by atoms with Crippen molar-refractivity contribution in [2.24, 2.45) is 5.92 Å². The molecule has 0 amide bonds. The van der Waals surface area contributed by atoms with Crippen LogP contribution >= 0.6 is 11.6 Å². The van der Waals surface area contributed by atoms with Gasteiger partial charge in [-0.3, -0.25) is 0 Å². The maximum atomic E-state index is 6.32. The van der Waals surface area contributed by atoms with E-state index in [4.69, 9.17) is 16.3 Å². The Morgan fingerprint density at radius 1 is 1.28 bits per heavy atom. The highest BCUT2D eigenvalue weighted by atomic mass is 35.5. The van der Waals surface area contributed by atoms with Gasteiger partial charge in [-0.25, -0.2) is 0 Å². The number of alkyl halides is 1. The fourth-order valence-corrected chi connectivity index (χ4v) is 3.16. The number of ether oxygens (including phenoxy) is 1. The standard InChI is InChI=1S/C16H21ClO/c17-15(13-6-7-13)4-2-1-3-12-5-8-16-14(11-12)9-10-18-16/h5,8,11,13,15H,1-4,6-7,9-10H2. The van der Waals surface area contributed by atoms with E-state index in [1.807, 2.05) is 0 Å². The van der Waals surface area contributed by atoms with Crippen LogP contribution in [0.15, 0.2) is 18.2 Å². The van der Waals surface area contributed by atoms with E-state index in [1.54, 1.807) is 0 Å². The van der Waals surface area contributed by atoms with Gasteiger partial charge in [0.25, 0.3) is 0 Å². The van der Waals surface area contributed by atoms with E-state index in [9.17, 15) is 0 Å². The first kappa shape index (κ1) is 12.3. The third-order valence-corrected chi connectivity index (χ3v) is 4.66. The number of hydrogen-bond acceptors (Lipinski definition) is 1. The number of unbranched alkanes of at least 4 members (excludes halogenated alkanes) is 1. The van der Waals surface area contributed by atoms with E-state index in [-0.39, 0.29) is 0 Å². The molecule has 1 fully saturated rings. The van der Waals surface area contributed by atoms with Crippen molar-refractivity contribution in [3.63, 3.8) is 0 Å². The molecule has 98 valence electrons. The minimum atomic E-state index is 0.443. The second kappa shape index (κ2) is 5.52. The molecule has 1 aliphatic heterocycles. The van der Waals surface area contributed by atoms with Crippen molar-refractivity contribution in [3.05, 3.63) is 29.3 Å². The molecule has 0 N–H and O–H groups in total. The lowest BCUT2D eigenvalue weighted by Gasteiger charge is -2.08. The Morgan fingerprint density at radius 3 is 3.00 bits per heavy atom. The number of benzene rings is 1. The lowest BCUT2D eigenvalue weighted by atomic mass is 10.0. The van der Waals surface area contributed by atoms with Gasteiger partial charge in [0, 0.05) is 11.8 Å². The maximum Gasteiger partial charge on any atom is 0.122 e. The van der Waals surface area contributed by atoms with Crippen molar-refractivity contribution >= 4 is 11.6 Å². The number of halogens is 1. The Bertz CT molecular complexity index is 412. The van der Waals surface area contributed by atoms with Crippen LogP contribution in [0.1, 0.15) is 43.2 Å². The lowest BCUT2D eigenvalue weighted by molar-refractivity contribution is 0.357. The Kier molecular flexibility index (Phi) is 3.79. The predicted octanol–water partition coefficient (Wildman–Crippen LogP) is 4.35. The van der Waals surface area contributed by atoms with E-state index in [0.717, 1.165) is 24.7 Å². The Labute approximate surface area is 114 Å². The molecule has 1 atom stereocenters. The fourth-order valence-electron chi connectivity index (χ4n) is 2.76. The molecule has 0 saturated heterocycles. The molecular weight excluding hydrogens is 244 g/mol. The summed E-state index contributed by atoms with van der Waals surface area (Å²) >= 11 is 6.32. The molecule has 1 saturated carbocycles. The van der Waals surface area contributed by atoms with E-state index < -0.39 is 0 Å². The van der Waals surface area contributed by atoms with Crippen molar-refractivity contribution in [2.45, 2.75) is 50.3 Å². The summed E-state index contributed by atoms with van der Waals surface area (Å²) < 4.78 is 5.53. The highest BCUT2D eigenvalue weighted by Crippen LogP contribution is 2.37. The number of fused-ring (bicyclic) bond motifs is 1. The van der Waals surface area contributed by atoms with Gasteiger partial charge in [0.2, 0.25) is 0 Å². The zero-order valence-corrected chi connectivity index (χ0v) is 11.6. The molecular formula is C16H21ClO. The van der Waals surface area contributed by atoms with Gasteiger partial charge in [-0.05, 0) is 55.2 Å². The molecule has 1 unspecified atom stereocenters. The van der Waals surface area contributed by atoms with Crippen LogP contribution in [-0.2, 0) is 12.8 Å². The van der Waals surface area contributed by atoms with Gasteiger partial charge in [-0.2, -0.15) is 0 Å². The number of hydrogen-bond donors (Lipinski definition) is 0. The predicted molar refractivity (Wildman–Crippen MR) is 75.6 cm³/mol. The smallest absolute Gasteiger partial charge is 0.122 e. The van der Waals surface area contributed by atoms with Crippen molar-refractivity contribution in [2.75, 3.05) is 6.61 Å². The summed E-state index contributed by atoms with van der Waals surface area (Å²) in [6, 6.07) is 6.66. The van der Waals surface area contributed by atoms with Crippen molar-refractivity contribution in [1.82, 2.24) is 0 Å². The second-order valence-electron chi connectivity index (χ2n) is 5.64. The van der Waals surface area contributed by atoms with E-state index in [0.29, 0.717) is 5.38 Å². The number of aryl methyl sites for hydroxylation is 1. The quantitative estimate of drug-likeness (QED) is 0.548. The largest absolute Gasteiger partial charge is 0.493 e. The number of rotatable bonds is 6. The first-order valence-electron chi connectivity index (χ1n) is 7.21. The summed E-state index contributed by atoms with van der Waals surface area (Å²) in [5.74, 6) is 1.93. The van der Waals surface area contributed by atoms with Crippen molar-refractivity contribution in [3.8, 4) is 5.75 Å². The first-order valence-corrected chi connectivity index (χ1v) is 7.65. The molecule has 0 radical (unpaired) electrons. The van der Waals surface area contributed by atoms with Crippen LogP contribution in [0.2, 0.25) is 0 Å². The van der Waals surface area contributed by atoms with Gasteiger partial charge in [0.15, 0.2) is 0 Å². The van der Waals surface area contributed by atoms with Gasteiger partial charge in [0.05, 0.1) is 6.61 Å². The highest BCUT2D eigenvalue weighted by Gasteiger charge is 2.28. The minimum absolute atomic E-state index is 0.443. The molecule has 1 heterocycles. The summed E-state index contributed by atoms with van der Waals surface area (Å²) in [5, 5.41) is 0.443. The lowest BCUT2D eigenvalue weighted by Crippen LogP contribution is -2.00. The molecule has 2 heteroatoms. The molecule has 3 rings (SSSR count). The van der Waals surface area contributed by atoms with Gasteiger partial charge < -0.3 is 4.74 Å². The van der Waals surface area contributed by atoms with E-state index in [2.05, 4.69) is 18.2 Å². The molecule has 18 heavy (non-hydrogen) atoms. The maximum absolute atomic E-state index is 6.32. The van der Waals surface area contributed by atoms with Crippen molar-refractivity contribution < 1.29 is 4.74 Å². The topological polar surface area (TPSA) is 9.23 Å². The summed E-state index contributed by atoms with van der Waals surface area (Å²) in [5.41, 5.74) is 2.84. The van der Waals surface area contributed by atoms with Crippen LogP contribution in [0.4, 0.5) is 0 Å². The highest BCUT2D eigenvalue weighted by molar-refractivity contribution is 6.20. The van der Waals surface area contributed by atoms with Gasteiger partial charge in [0.1, 0.15) is 5.75 Å². The Morgan fingerprint density at radius 2 is 2.17 bits per heavy atom. The van der Waals surface area contributed by atoms with Gasteiger partial charge in [-0.15, -0.1) is 11.6 Å². The van der Waals surface area contributed by atoms with Crippen LogP contribution in [0.25, 0.3) is 0 Å². The van der Waals surface area contributed by atoms with Crippen LogP contribution in [0, 0.1) is 5.92 Å². The van der Waals surface area contributed by atoms with Crippen LogP contribution in [0.5, 0.6) is 5.75 Å². The SMILES string of the molecule is ClC(CCCCc1ccc2c(c1)CCO2)C1CC1. The Balaban J connectivity index is 1.42. The molecule has 2 aliphatic rings. The molecule has 1 aliphatic carbocycles. The summed E-state index contributed by atoms with van der Waals surface area (Å²) in [6.07, 6.45) is 8.70. The fraction of sp³-hybridized carbons (Fsp3) is 0.625. The first-order chi connectivity index (χ1) is 8.83. The normalized spacial score (nSPS) is 19.4. The van der Waals surface area contributed by atoms with Crippen LogP contribution in [0.3, 0.4) is 0 Å². The van der Waals surface area contributed by atoms with Crippen LogP contribution < -0.4 is 4.74 Å². The minimum Gasteiger partial charge on any atom is -0.493 e.